The molecule has 8 nitrogen and oxygen atoms in total. The molecule has 112 valence electrons. The van der Waals surface area contributed by atoms with Gasteiger partial charge < -0.3 is 15.3 Å². The molecule has 0 aromatic heterocycles. The number of carboxylic acids is 1. The highest BCUT2D eigenvalue weighted by Gasteiger charge is 2.31. The number of nitro groups is 1. The fourth-order valence-corrected chi connectivity index (χ4v) is 2.55. The van der Waals surface area contributed by atoms with Crippen LogP contribution in [0, 0.1) is 10.1 Å². The van der Waals surface area contributed by atoms with E-state index >= 15 is 0 Å². The Bertz CT molecular complexity index is 601. The number of benzene rings is 1. The van der Waals surface area contributed by atoms with Gasteiger partial charge in [0.1, 0.15) is 11.6 Å². The largest absolute Gasteiger partial charge is 0.477 e. The fraction of sp³-hybridized carbons (Fsp3) is 0.385. The van der Waals surface area contributed by atoms with E-state index in [0.717, 1.165) is 12.5 Å². The molecule has 1 heterocycles. The van der Waals surface area contributed by atoms with E-state index in [4.69, 9.17) is 5.11 Å². The zero-order chi connectivity index (χ0) is 15.6. The van der Waals surface area contributed by atoms with E-state index in [0.29, 0.717) is 18.7 Å². The van der Waals surface area contributed by atoms with Crippen LogP contribution < -0.4 is 10.2 Å². The van der Waals surface area contributed by atoms with Gasteiger partial charge in [0.25, 0.3) is 5.69 Å². The van der Waals surface area contributed by atoms with E-state index in [9.17, 15) is 19.7 Å². The Labute approximate surface area is 120 Å². The number of nitro benzene ring substituents is 1. The van der Waals surface area contributed by atoms with Crippen LogP contribution >= 0.6 is 0 Å². The number of nitrogens with one attached hydrogen (secondary N) is 1. The number of likely N-dealkylation sites (N-methyl/N-ethyl adjacent to an activating group) is 1. The summed E-state index contributed by atoms with van der Waals surface area (Å²) in [4.78, 5) is 34.9. The van der Waals surface area contributed by atoms with Crippen molar-refractivity contribution in [3.63, 3.8) is 0 Å². The van der Waals surface area contributed by atoms with Gasteiger partial charge in [0.2, 0.25) is 5.91 Å². The van der Waals surface area contributed by atoms with Crippen molar-refractivity contribution in [3.05, 3.63) is 33.9 Å². The van der Waals surface area contributed by atoms with Crippen LogP contribution in [0.3, 0.4) is 0 Å². The van der Waals surface area contributed by atoms with Crippen LogP contribution in [0.25, 0.3) is 0 Å². The molecule has 0 saturated carbocycles. The summed E-state index contributed by atoms with van der Waals surface area (Å²) in [5, 5.41) is 22.5. The van der Waals surface area contributed by atoms with Gasteiger partial charge in [-0.25, -0.2) is 4.79 Å². The van der Waals surface area contributed by atoms with Gasteiger partial charge in [-0.1, -0.05) is 0 Å². The standard InChI is InChI=1S/C13H15N3O5/c1-14-12(17)11-3-2-6-15(11)8-4-5-10(16(20)21)9(7-8)13(18)19/h4-5,7,11H,2-3,6H2,1H3,(H,14,17)(H,18,19). The number of aromatic carboxylic acids is 1. The Morgan fingerprint density at radius 1 is 1.48 bits per heavy atom. The summed E-state index contributed by atoms with van der Waals surface area (Å²) < 4.78 is 0. The minimum atomic E-state index is -1.36. The van der Waals surface area contributed by atoms with Crippen molar-refractivity contribution in [2.45, 2.75) is 18.9 Å². The number of rotatable bonds is 4. The molecule has 8 heteroatoms. The molecule has 1 fully saturated rings. The topological polar surface area (TPSA) is 113 Å². The van der Waals surface area contributed by atoms with Crippen LogP contribution in [0.15, 0.2) is 18.2 Å². The Morgan fingerprint density at radius 2 is 2.19 bits per heavy atom. The van der Waals surface area contributed by atoms with Crippen molar-refractivity contribution in [2.75, 3.05) is 18.5 Å². The maximum absolute atomic E-state index is 11.8. The van der Waals surface area contributed by atoms with Crippen LogP contribution in [-0.2, 0) is 4.79 Å². The summed E-state index contributed by atoms with van der Waals surface area (Å²) in [5.41, 5.74) is -0.328. The summed E-state index contributed by atoms with van der Waals surface area (Å²) in [7, 11) is 1.54. The van der Waals surface area contributed by atoms with Crippen LogP contribution in [0.1, 0.15) is 23.2 Å². The maximum Gasteiger partial charge on any atom is 0.342 e. The molecular weight excluding hydrogens is 278 g/mol. The minimum Gasteiger partial charge on any atom is -0.477 e. The van der Waals surface area contributed by atoms with E-state index in [-0.39, 0.29) is 17.5 Å². The summed E-state index contributed by atoms with van der Waals surface area (Å²) >= 11 is 0. The highest BCUT2D eigenvalue weighted by molar-refractivity contribution is 5.94. The molecule has 1 unspecified atom stereocenters. The highest BCUT2D eigenvalue weighted by Crippen LogP contribution is 2.30. The van der Waals surface area contributed by atoms with Crippen molar-refractivity contribution in [1.82, 2.24) is 5.32 Å². The molecule has 0 spiro atoms. The van der Waals surface area contributed by atoms with Gasteiger partial charge in [-0.15, -0.1) is 0 Å². The smallest absolute Gasteiger partial charge is 0.342 e. The molecule has 0 aliphatic carbocycles. The molecule has 2 N–H and O–H groups in total. The Kier molecular flexibility index (Phi) is 4.06. The van der Waals surface area contributed by atoms with Crippen LogP contribution in [0.4, 0.5) is 11.4 Å². The number of amides is 1. The third-order valence-corrected chi connectivity index (χ3v) is 3.54. The lowest BCUT2D eigenvalue weighted by atomic mass is 10.1. The van der Waals surface area contributed by atoms with Crippen LogP contribution in [-0.4, -0.2) is 41.5 Å². The van der Waals surface area contributed by atoms with Gasteiger partial charge in [-0.2, -0.15) is 0 Å². The number of carboxylic acid groups (broad SMARTS) is 1. The van der Waals surface area contributed by atoms with E-state index in [2.05, 4.69) is 5.32 Å². The Hall–Kier alpha value is -2.64. The molecule has 0 radical (unpaired) electrons. The molecule has 1 aliphatic heterocycles. The molecule has 1 aliphatic rings. The lowest BCUT2D eigenvalue weighted by molar-refractivity contribution is -0.385. The molecule has 1 amide bonds. The molecule has 21 heavy (non-hydrogen) atoms. The van der Waals surface area contributed by atoms with E-state index < -0.39 is 16.6 Å². The normalized spacial score (nSPS) is 17.6. The van der Waals surface area contributed by atoms with E-state index in [1.807, 2.05) is 0 Å². The Balaban J connectivity index is 2.40. The monoisotopic (exact) mass is 293 g/mol. The van der Waals surface area contributed by atoms with Gasteiger partial charge >= 0.3 is 5.97 Å². The molecule has 1 aromatic carbocycles. The van der Waals surface area contributed by atoms with Gasteiger partial charge in [0.05, 0.1) is 4.92 Å². The molecule has 0 bridgehead atoms. The summed E-state index contributed by atoms with van der Waals surface area (Å²) in [5.74, 6) is -1.51. The SMILES string of the molecule is CNC(=O)C1CCCN1c1ccc([N+](=O)[O-])c(C(=O)O)c1. The summed E-state index contributed by atoms with van der Waals surface area (Å²) in [6, 6.07) is 3.52. The Morgan fingerprint density at radius 3 is 2.76 bits per heavy atom. The first-order valence-electron chi connectivity index (χ1n) is 6.45. The summed E-state index contributed by atoms with van der Waals surface area (Å²) in [6.07, 6.45) is 1.47. The lowest BCUT2D eigenvalue weighted by Crippen LogP contribution is -2.42. The molecular formula is C13H15N3O5. The number of carbonyl (C=O) groups excluding carboxylic acids is 1. The van der Waals surface area contributed by atoms with E-state index in [1.54, 1.807) is 4.90 Å². The van der Waals surface area contributed by atoms with Crippen molar-refractivity contribution >= 4 is 23.3 Å². The number of hydrogen-bond donors (Lipinski definition) is 2. The van der Waals surface area contributed by atoms with Crippen molar-refractivity contribution in [3.8, 4) is 0 Å². The van der Waals surface area contributed by atoms with Gasteiger partial charge in [-0.05, 0) is 25.0 Å². The van der Waals surface area contributed by atoms with Crippen molar-refractivity contribution < 1.29 is 19.6 Å². The van der Waals surface area contributed by atoms with Gasteiger partial charge in [-0.3, -0.25) is 14.9 Å². The van der Waals surface area contributed by atoms with Gasteiger partial charge in [0.15, 0.2) is 0 Å². The first-order valence-corrected chi connectivity index (χ1v) is 6.45. The van der Waals surface area contributed by atoms with Crippen LogP contribution in [0.2, 0.25) is 0 Å². The predicted molar refractivity (Wildman–Crippen MR) is 74.5 cm³/mol. The van der Waals surface area contributed by atoms with E-state index in [1.165, 1.54) is 19.2 Å². The maximum atomic E-state index is 11.8. The average molecular weight is 293 g/mol. The summed E-state index contributed by atoms with van der Waals surface area (Å²) in [6.45, 7) is 0.606. The van der Waals surface area contributed by atoms with Gasteiger partial charge in [0, 0.05) is 25.3 Å². The number of anilines is 1. The first kappa shape index (κ1) is 14.8. The predicted octanol–water partition coefficient (Wildman–Crippen LogP) is 1.01. The number of hydrogen-bond acceptors (Lipinski definition) is 5. The quantitative estimate of drug-likeness (QED) is 0.632. The molecule has 2 rings (SSSR count). The fourth-order valence-electron chi connectivity index (χ4n) is 2.55. The minimum absolute atomic E-state index is 0.150. The zero-order valence-corrected chi connectivity index (χ0v) is 11.4. The zero-order valence-electron chi connectivity index (χ0n) is 11.4. The van der Waals surface area contributed by atoms with Crippen molar-refractivity contribution in [1.29, 1.82) is 0 Å². The molecule has 1 aromatic rings. The second kappa shape index (κ2) is 5.78. The van der Waals surface area contributed by atoms with Crippen LogP contribution in [0.5, 0.6) is 0 Å². The third kappa shape index (κ3) is 2.78. The lowest BCUT2D eigenvalue weighted by Gasteiger charge is -2.25. The second-order valence-electron chi connectivity index (χ2n) is 4.73. The number of carbonyl (C=O) groups is 2. The first-order chi connectivity index (χ1) is 9.95. The molecule has 1 saturated heterocycles. The highest BCUT2D eigenvalue weighted by atomic mass is 16.6. The van der Waals surface area contributed by atoms with Crippen molar-refractivity contribution in [2.24, 2.45) is 0 Å². The molecule has 1 atom stereocenters. The second-order valence-corrected chi connectivity index (χ2v) is 4.73. The number of nitrogens with zero attached hydrogens (tertiary/aromatic N) is 2. The average Bonchev–Trinajstić information content (AvgIpc) is 2.94. The third-order valence-electron chi connectivity index (χ3n) is 3.54.